The van der Waals surface area contributed by atoms with E-state index in [9.17, 15) is 0 Å². The molecule has 0 saturated heterocycles. The Morgan fingerprint density at radius 2 is 1.53 bits per heavy atom. The normalized spacial score (nSPS) is 11.8. The molecule has 19 heavy (non-hydrogen) atoms. The SMILES string of the molecule is CCO[Si](CCc1cccc(C)c1)(OCC)OCC. The molecule has 1 aromatic rings. The van der Waals surface area contributed by atoms with Crippen molar-refractivity contribution in [3.05, 3.63) is 35.4 Å². The van der Waals surface area contributed by atoms with Gasteiger partial charge in [-0.1, -0.05) is 29.8 Å². The fourth-order valence-electron chi connectivity index (χ4n) is 2.17. The molecule has 0 unspecified atom stereocenters. The highest BCUT2D eigenvalue weighted by molar-refractivity contribution is 6.60. The van der Waals surface area contributed by atoms with Crippen molar-refractivity contribution in [2.75, 3.05) is 19.8 Å². The van der Waals surface area contributed by atoms with Gasteiger partial charge in [0.2, 0.25) is 0 Å². The third kappa shape index (κ3) is 5.44. The molecule has 0 N–H and O–H groups in total. The molecule has 0 saturated carbocycles. The Kier molecular flexibility index (Phi) is 7.31. The van der Waals surface area contributed by atoms with Gasteiger partial charge in [0.15, 0.2) is 0 Å². The third-order valence-electron chi connectivity index (χ3n) is 2.90. The number of hydrogen-bond acceptors (Lipinski definition) is 3. The van der Waals surface area contributed by atoms with Gasteiger partial charge < -0.3 is 13.3 Å². The van der Waals surface area contributed by atoms with E-state index in [0.29, 0.717) is 19.8 Å². The van der Waals surface area contributed by atoms with Gasteiger partial charge >= 0.3 is 8.80 Å². The van der Waals surface area contributed by atoms with Gasteiger partial charge in [-0.05, 0) is 39.7 Å². The van der Waals surface area contributed by atoms with E-state index in [1.807, 2.05) is 20.8 Å². The lowest BCUT2D eigenvalue weighted by Crippen LogP contribution is -2.46. The second-order valence-corrected chi connectivity index (χ2v) is 7.20. The predicted molar refractivity (Wildman–Crippen MR) is 80.3 cm³/mol. The van der Waals surface area contributed by atoms with E-state index in [1.54, 1.807) is 0 Å². The zero-order chi connectivity index (χ0) is 14.1. The second kappa shape index (κ2) is 8.48. The Bertz CT molecular complexity index is 351. The van der Waals surface area contributed by atoms with Gasteiger partial charge in [0.1, 0.15) is 0 Å². The van der Waals surface area contributed by atoms with Gasteiger partial charge in [-0.25, -0.2) is 0 Å². The molecule has 1 rings (SSSR count). The summed E-state index contributed by atoms with van der Waals surface area (Å²) in [4.78, 5) is 0. The van der Waals surface area contributed by atoms with Crippen LogP contribution in [0.2, 0.25) is 6.04 Å². The summed E-state index contributed by atoms with van der Waals surface area (Å²) >= 11 is 0. The molecular weight excluding hydrogens is 256 g/mol. The van der Waals surface area contributed by atoms with Crippen LogP contribution in [0.25, 0.3) is 0 Å². The van der Waals surface area contributed by atoms with Crippen LogP contribution in [0.15, 0.2) is 24.3 Å². The maximum Gasteiger partial charge on any atom is 0.501 e. The quantitative estimate of drug-likeness (QED) is 0.648. The monoisotopic (exact) mass is 282 g/mol. The summed E-state index contributed by atoms with van der Waals surface area (Å²) in [6.07, 6.45) is 0.938. The molecule has 108 valence electrons. The molecular formula is C15H26O3Si. The van der Waals surface area contributed by atoms with E-state index in [1.165, 1.54) is 11.1 Å². The maximum absolute atomic E-state index is 5.86. The highest BCUT2D eigenvalue weighted by Crippen LogP contribution is 2.19. The molecule has 0 radical (unpaired) electrons. The molecule has 0 fully saturated rings. The van der Waals surface area contributed by atoms with Crippen molar-refractivity contribution in [3.63, 3.8) is 0 Å². The van der Waals surface area contributed by atoms with E-state index >= 15 is 0 Å². The second-order valence-electron chi connectivity index (χ2n) is 4.47. The number of aryl methyl sites for hydroxylation is 2. The molecule has 0 aromatic heterocycles. The van der Waals surface area contributed by atoms with Crippen LogP contribution in [0.5, 0.6) is 0 Å². The lowest BCUT2D eigenvalue weighted by atomic mass is 10.1. The van der Waals surface area contributed by atoms with E-state index in [2.05, 4.69) is 31.2 Å². The third-order valence-corrected chi connectivity index (χ3v) is 5.94. The first-order valence-corrected chi connectivity index (χ1v) is 9.06. The van der Waals surface area contributed by atoms with Crippen molar-refractivity contribution in [2.45, 2.75) is 40.2 Å². The summed E-state index contributed by atoms with van der Waals surface area (Å²) in [5.41, 5.74) is 2.60. The van der Waals surface area contributed by atoms with Crippen molar-refractivity contribution >= 4 is 8.80 Å². The van der Waals surface area contributed by atoms with Crippen molar-refractivity contribution in [1.82, 2.24) is 0 Å². The van der Waals surface area contributed by atoms with Crippen molar-refractivity contribution in [2.24, 2.45) is 0 Å². The lowest BCUT2D eigenvalue weighted by Gasteiger charge is -2.28. The number of benzene rings is 1. The minimum Gasteiger partial charge on any atom is -0.374 e. The van der Waals surface area contributed by atoms with Gasteiger partial charge in [-0.15, -0.1) is 0 Å². The van der Waals surface area contributed by atoms with E-state index in [4.69, 9.17) is 13.3 Å². The highest BCUT2D eigenvalue weighted by atomic mass is 28.4. The molecule has 0 aliphatic heterocycles. The van der Waals surface area contributed by atoms with Crippen LogP contribution < -0.4 is 0 Å². The van der Waals surface area contributed by atoms with Crippen LogP contribution in [0, 0.1) is 6.92 Å². The maximum atomic E-state index is 5.86. The fraction of sp³-hybridized carbons (Fsp3) is 0.600. The first-order valence-electron chi connectivity index (χ1n) is 7.13. The zero-order valence-electron chi connectivity index (χ0n) is 12.6. The Balaban J connectivity index is 2.70. The standard InChI is InChI=1S/C15H26O3Si/c1-5-16-19(17-6-2,18-7-3)12-11-15-10-8-9-14(4)13-15/h8-10,13H,5-7,11-12H2,1-4H3. The molecule has 0 aliphatic carbocycles. The average Bonchev–Trinajstić information content (AvgIpc) is 2.38. The fourth-order valence-corrected chi connectivity index (χ4v) is 4.76. The van der Waals surface area contributed by atoms with Crippen LogP contribution in [0.3, 0.4) is 0 Å². The van der Waals surface area contributed by atoms with Gasteiger partial charge in [0.25, 0.3) is 0 Å². The Labute approximate surface area is 118 Å². The first kappa shape index (κ1) is 16.4. The summed E-state index contributed by atoms with van der Waals surface area (Å²) in [6, 6.07) is 9.41. The average molecular weight is 282 g/mol. The Hall–Kier alpha value is -0.683. The molecule has 0 heterocycles. The first-order chi connectivity index (χ1) is 9.15. The molecule has 0 atom stereocenters. The van der Waals surface area contributed by atoms with Crippen LogP contribution in [-0.2, 0) is 19.7 Å². The summed E-state index contributed by atoms with van der Waals surface area (Å²) in [7, 11) is -2.50. The summed E-state index contributed by atoms with van der Waals surface area (Å²) in [5, 5.41) is 0. The van der Waals surface area contributed by atoms with Crippen LogP contribution in [0.1, 0.15) is 31.9 Å². The van der Waals surface area contributed by atoms with Crippen molar-refractivity contribution in [1.29, 1.82) is 0 Å². The molecule has 0 amide bonds. The molecule has 4 heteroatoms. The number of rotatable bonds is 9. The van der Waals surface area contributed by atoms with Crippen LogP contribution in [0.4, 0.5) is 0 Å². The van der Waals surface area contributed by atoms with Gasteiger partial charge in [-0.3, -0.25) is 0 Å². The lowest BCUT2D eigenvalue weighted by molar-refractivity contribution is 0.0714. The zero-order valence-corrected chi connectivity index (χ0v) is 13.6. The molecule has 0 bridgehead atoms. The summed E-state index contributed by atoms with van der Waals surface area (Å²) in [6.45, 7) is 10.0. The van der Waals surface area contributed by atoms with Gasteiger partial charge in [-0.2, -0.15) is 0 Å². The summed E-state index contributed by atoms with van der Waals surface area (Å²) < 4.78 is 17.6. The van der Waals surface area contributed by atoms with Crippen molar-refractivity contribution < 1.29 is 13.3 Å². The predicted octanol–water partition coefficient (Wildman–Crippen LogP) is 3.59. The minimum absolute atomic E-state index is 0.639. The van der Waals surface area contributed by atoms with Crippen LogP contribution >= 0.6 is 0 Å². The molecule has 3 nitrogen and oxygen atoms in total. The summed E-state index contributed by atoms with van der Waals surface area (Å²) in [5.74, 6) is 0. The highest BCUT2D eigenvalue weighted by Gasteiger charge is 2.39. The molecule has 0 aliphatic rings. The minimum atomic E-state index is -2.50. The van der Waals surface area contributed by atoms with Gasteiger partial charge in [0, 0.05) is 25.9 Å². The molecule has 1 aromatic carbocycles. The smallest absolute Gasteiger partial charge is 0.374 e. The van der Waals surface area contributed by atoms with Gasteiger partial charge in [0.05, 0.1) is 0 Å². The molecule has 0 spiro atoms. The van der Waals surface area contributed by atoms with Crippen LogP contribution in [-0.4, -0.2) is 28.6 Å². The Morgan fingerprint density at radius 1 is 0.947 bits per heavy atom. The van der Waals surface area contributed by atoms with E-state index < -0.39 is 8.80 Å². The van der Waals surface area contributed by atoms with Crippen molar-refractivity contribution in [3.8, 4) is 0 Å². The van der Waals surface area contributed by atoms with E-state index in [0.717, 1.165) is 12.5 Å². The Morgan fingerprint density at radius 3 is 2.00 bits per heavy atom. The topological polar surface area (TPSA) is 27.7 Å². The largest absolute Gasteiger partial charge is 0.501 e. The van der Waals surface area contributed by atoms with E-state index in [-0.39, 0.29) is 0 Å². The number of hydrogen-bond donors (Lipinski definition) is 0.